The van der Waals surface area contributed by atoms with Crippen LogP contribution in [0, 0.1) is 0 Å². The van der Waals surface area contributed by atoms with Crippen LogP contribution in [0.5, 0.6) is 0 Å². The Morgan fingerprint density at radius 2 is 2.00 bits per heavy atom. The number of hydrogen-bond donors (Lipinski definition) is 0. The van der Waals surface area contributed by atoms with E-state index in [4.69, 9.17) is 16.3 Å². The number of halogens is 1. The maximum atomic E-state index is 12.9. The van der Waals surface area contributed by atoms with E-state index in [2.05, 4.69) is 4.98 Å². The lowest BCUT2D eigenvalue weighted by atomic mass is 10.1. The third-order valence-electron chi connectivity index (χ3n) is 4.83. The van der Waals surface area contributed by atoms with E-state index < -0.39 is 12.0 Å². The lowest BCUT2D eigenvalue weighted by molar-refractivity contribution is -0.146. The van der Waals surface area contributed by atoms with Gasteiger partial charge in [-0.1, -0.05) is 24.9 Å². The fourth-order valence-corrected chi connectivity index (χ4v) is 3.39. The molecule has 2 rings (SSSR count). The molecule has 7 nitrogen and oxygen atoms in total. The molecule has 0 saturated heterocycles. The minimum absolute atomic E-state index is 0.0323. The van der Waals surface area contributed by atoms with Gasteiger partial charge in [-0.05, 0) is 38.5 Å². The summed E-state index contributed by atoms with van der Waals surface area (Å²) >= 11 is 6.01. The first-order valence-electron chi connectivity index (χ1n) is 9.91. The summed E-state index contributed by atoms with van der Waals surface area (Å²) in [5, 5.41) is 0.903. The zero-order valence-electron chi connectivity index (χ0n) is 17.4. The smallest absolute Gasteiger partial charge is 0.306 e. The summed E-state index contributed by atoms with van der Waals surface area (Å²) in [6.07, 6.45) is 1.82. The molecule has 2 aromatic rings. The third-order valence-corrected chi connectivity index (χ3v) is 5.07. The second-order valence-electron chi connectivity index (χ2n) is 6.92. The Hall–Kier alpha value is -2.41. The second kappa shape index (κ2) is 10.4. The highest BCUT2D eigenvalue weighted by molar-refractivity contribution is 6.31. The molecule has 1 amide bonds. The van der Waals surface area contributed by atoms with E-state index in [1.54, 1.807) is 37.1 Å². The Balaban J connectivity index is 2.35. The monoisotopic (exact) mass is 421 g/mol. The largest absolute Gasteiger partial charge is 0.466 e. The van der Waals surface area contributed by atoms with Crippen LogP contribution in [0.4, 0.5) is 0 Å². The van der Waals surface area contributed by atoms with Crippen molar-refractivity contribution in [1.82, 2.24) is 14.5 Å². The van der Waals surface area contributed by atoms with Gasteiger partial charge in [0.1, 0.15) is 5.82 Å². The fraction of sp³-hybridized carbons (Fsp3) is 0.524. The van der Waals surface area contributed by atoms with Crippen LogP contribution in [0.3, 0.4) is 0 Å². The van der Waals surface area contributed by atoms with E-state index >= 15 is 0 Å². The van der Waals surface area contributed by atoms with E-state index in [0.717, 1.165) is 12.8 Å². The molecule has 8 heteroatoms. The Kier molecular flexibility index (Phi) is 8.20. The number of unbranched alkanes of at least 4 members (excludes halogenated alkanes) is 1. The van der Waals surface area contributed by atoms with Crippen LogP contribution in [-0.4, -0.2) is 39.5 Å². The van der Waals surface area contributed by atoms with Crippen molar-refractivity contribution < 1.29 is 14.3 Å². The summed E-state index contributed by atoms with van der Waals surface area (Å²) in [6.45, 7) is 6.43. The standard InChI is InChI=1S/C21H28ClN3O4/c1-5-7-12-25(18(26)10-11-19(27)29-6-2)14(3)20-23-17-9-8-15(22)13-16(17)21(28)24(20)4/h8-9,13-14H,5-7,10-12H2,1-4H3. The van der Waals surface area contributed by atoms with E-state index in [1.807, 2.05) is 13.8 Å². The molecule has 0 spiro atoms. The van der Waals surface area contributed by atoms with Gasteiger partial charge < -0.3 is 9.64 Å². The van der Waals surface area contributed by atoms with Crippen molar-refractivity contribution in [1.29, 1.82) is 0 Å². The summed E-state index contributed by atoms with van der Waals surface area (Å²) in [5.41, 5.74) is 0.322. The SMILES string of the molecule is CCCCN(C(=O)CCC(=O)OCC)C(C)c1nc2ccc(Cl)cc2c(=O)n1C. The van der Waals surface area contributed by atoms with Gasteiger partial charge in [-0.25, -0.2) is 4.98 Å². The number of hydrogen-bond acceptors (Lipinski definition) is 5. The highest BCUT2D eigenvalue weighted by Gasteiger charge is 2.25. The van der Waals surface area contributed by atoms with Crippen LogP contribution in [0.25, 0.3) is 10.9 Å². The number of aromatic nitrogens is 2. The zero-order chi connectivity index (χ0) is 21.6. The molecule has 0 fully saturated rings. The van der Waals surface area contributed by atoms with Crippen molar-refractivity contribution in [3.05, 3.63) is 39.4 Å². The molecule has 0 aliphatic rings. The molecular weight excluding hydrogens is 394 g/mol. The third kappa shape index (κ3) is 5.56. The summed E-state index contributed by atoms with van der Waals surface area (Å²) in [5.74, 6) is -0.0630. The number of ether oxygens (including phenoxy) is 1. The first-order chi connectivity index (χ1) is 13.8. The summed E-state index contributed by atoms with van der Waals surface area (Å²) in [6, 6.07) is 4.56. The fourth-order valence-electron chi connectivity index (χ4n) is 3.22. The number of fused-ring (bicyclic) bond motifs is 1. The molecule has 1 atom stereocenters. The van der Waals surface area contributed by atoms with E-state index in [-0.39, 0.29) is 30.9 Å². The van der Waals surface area contributed by atoms with Gasteiger partial charge in [0.05, 0.1) is 30.0 Å². The Labute approximate surface area is 175 Å². The molecule has 0 radical (unpaired) electrons. The Morgan fingerprint density at radius 1 is 1.28 bits per heavy atom. The molecule has 0 aliphatic carbocycles. The average molecular weight is 422 g/mol. The van der Waals surface area contributed by atoms with Crippen molar-refractivity contribution in [2.75, 3.05) is 13.2 Å². The van der Waals surface area contributed by atoms with Gasteiger partial charge in [-0.3, -0.25) is 19.0 Å². The van der Waals surface area contributed by atoms with Gasteiger partial charge in [0, 0.05) is 25.0 Å². The number of nitrogens with zero attached hydrogens (tertiary/aromatic N) is 3. The predicted octanol–water partition coefficient (Wildman–Crippen LogP) is 3.62. The molecule has 158 valence electrons. The van der Waals surface area contributed by atoms with Gasteiger partial charge in [-0.15, -0.1) is 0 Å². The average Bonchev–Trinajstić information content (AvgIpc) is 2.69. The van der Waals surface area contributed by atoms with Crippen molar-refractivity contribution in [3.63, 3.8) is 0 Å². The summed E-state index contributed by atoms with van der Waals surface area (Å²) < 4.78 is 6.37. The highest BCUT2D eigenvalue weighted by Crippen LogP contribution is 2.22. The first-order valence-corrected chi connectivity index (χ1v) is 10.3. The molecule has 0 saturated carbocycles. The number of rotatable bonds is 9. The van der Waals surface area contributed by atoms with Crippen LogP contribution in [0.15, 0.2) is 23.0 Å². The molecular formula is C21H28ClN3O4. The van der Waals surface area contributed by atoms with Crippen molar-refractivity contribution in [2.45, 2.75) is 52.5 Å². The number of esters is 1. The minimum atomic E-state index is -0.422. The van der Waals surface area contributed by atoms with Gasteiger partial charge in [0.25, 0.3) is 5.56 Å². The summed E-state index contributed by atoms with van der Waals surface area (Å²) in [4.78, 5) is 43.6. The maximum Gasteiger partial charge on any atom is 0.306 e. The molecule has 1 aromatic heterocycles. The maximum absolute atomic E-state index is 12.9. The number of carbonyl (C=O) groups is 2. The normalized spacial score (nSPS) is 12.0. The van der Waals surface area contributed by atoms with E-state index in [9.17, 15) is 14.4 Å². The molecule has 1 unspecified atom stereocenters. The highest BCUT2D eigenvalue weighted by atomic mass is 35.5. The van der Waals surface area contributed by atoms with Crippen molar-refractivity contribution in [3.8, 4) is 0 Å². The van der Waals surface area contributed by atoms with Crippen molar-refractivity contribution in [2.24, 2.45) is 7.05 Å². The van der Waals surface area contributed by atoms with Crippen LogP contribution in [0.2, 0.25) is 5.02 Å². The number of amides is 1. The molecule has 0 aliphatic heterocycles. The van der Waals surface area contributed by atoms with Crippen LogP contribution in [0.1, 0.15) is 58.3 Å². The number of carbonyl (C=O) groups excluding carboxylic acids is 2. The van der Waals surface area contributed by atoms with E-state index in [0.29, 0.717) is 28.3 Å². The lowest BCUT2D eigenvalue weighted by Gasteiger charge is -2.30. The Morgan fingerprint density at radius 3 is 2.66 bits per heavy atom. The van der Waals surface area contributed by atoms with Gasteiger partial charge >= 0.3 is 5.97 Å². The van der Waals surface area contributed by atoms with Crippen molar-refractivity contribution >= 4 is 34.4 Å². The predicted molar refractivity (Wildman–Crippen MR) is 113 cm³/mol. The topological polar surface area (TPSA) is 81.5 Å². The summed E-state index contributed by atoms with van der Waals surface area (Å²) in [7, 11) is 1.64. The lowest BCUT2D eigenvalue weighted by Crippen LogP contribution is -2.38. The van der Waals surface area contributed by atoms with Gasteiger partial charge in [0.15, 0.2) is 0 Å². The number of benzene rings is 1. The Bertz CT molecular complexity index is 941. The molecule has 1 aromatic carbocycles. The molecule has 0 N–H and O–H groups in total. The zero-order valence-corrected chi connectivity index (χ0v) is 18.2. The second-order valence-corrected chi connectivity index (χ2v) is 7.35. The van der Waals surface area contributed by atoms with Crippen LogP contribution >= 0.6 is 11.6 Å². The first kappa shape index (κ1) is 22.9. The van der Waals surface area contributed by atoms with Gasteiger partial charge in [-0.2, -0.15) is 0 Å². The molecule has 1 heterocycles. The quantitative estimate of drug-likeness (QED) is 0.577. The molecule has 0 bridgehead atoms. The van der Waals surface area contributed by atoms with Crippen LogP contribution < -0.4 is 5.56 Å². The van der Waals surface area contributed by atoms with Gasteiger partial charge in [0.2, 0.25) is 5.91 Å². The molecule has 29 heavy (non-hydrogen) atoms. The minimum Gasteiger partial charge on any atom is -0.466 e. The van der Waals surface area contributed by atoms with E-state index in [1.165, 1.54) is 4.57 Å². The van der Waals surface area contributed by atoms with Crippen LogP contribution in [-0.2, 0) is 21.4 Å².